The minimum atomic E-state index is 0.0879. The van der Waals surface area contributed by atoms with Crippen LogP contribution in [0.25, 0.3) is 0 Å². The number of aromatic nitrogens is 1. The Labute approximate surface area is 112 Å². The highest BCUT2D eigenvalue weighted by Gasteiger charge is 2.19. The van der Waals surface area contributed by atoms with Gasteiger partial charge in [-0.2, -0.15) is 0 Å². The smallest absolute Gasteiger partial charge is 0.273 e. The SMILES string of the molecule is CC(C)Cc1nc(C(=O)N2CCCNCC2)cs1. The predicted molar refractivity (Wildman–Crippen MR) is 74.0 cm³/mol. The average molecular weight is 267 g/mol. The van der Waals surface area contributed by atoms with E-state index in [-0.39, 0.29) is 5.91 Å². The summed E-state index contributed by atoms with van der Waals surface area (Å²) < 4.78 is 0. The van der Waals surface area contributed by atoms with Gasteiger partial charge in [-0.25, -0.2) is 4.98 Å². The molecule has 2 rings (SSSR count). The Balaban J connectivity index is 2.01. The molecule has 0 spiro atoms. The maximum Gasteiger partial charge on any atom is 0.273 e. The van der Waals surface area contributed by atoms with E-state index >= 15 is 0 Å². The fourth-order valence-corrected chi connectivity index (χ4v) is 3.04. The fourth-order valence-electron chi connectivity index (χ4n) is 2.06. The third-order valence-corrected chi connectivity index (χ3v) is 3.85. The van der Waals surface area contributed by atoms with Crippen LogP contribution in [-0.2, 0) is 6.42 Å². The highest BCUT2D eigenvalue weighted by molar-refractivity contribution is 7.09. The Kier molecular flexibility index (Phi) is 4.72. The van der Waals surface area contributed by atoms with Crippen molar-refractivity contribution in [2.75, 3.05) is 26.2 Å². The number of carbonyl (C=O) groups is 1. The van der Waals surface area contributed by atoms with E-state index in [2.05, 4.69) is 24.1 Å². The normalized spacial score (nSPS) is 16.9. The van der Waals surface area contributed by atoms with E-state index in [9.17, 15) is 4.79 Å². The summed E-state index contributed by atoms with van der Waals surface area (Å²) in [5.41, 5.74) is 0.623. The molecule has 1 amide bonds. The second-order valence-corrected chi connectivity index (χ2v) is 6.06. The molecule has 1 fully saturated rings. The van der Waals surface area contributed by atoms with Crippen molar-refractivity contribution in [1.29, 1.82) is 0 Å². The van der Waals surface area contributed by atoms with E-state index in [1.165, 1.54) is 0 Å². The van der Waals surface area contributed by atoms with Gasteiger partial charge in [-0.05, 0) is 18.9 Å². The van der Waals surface area contributed by atoms with Crippen molar-refractivity contribution in [3.8, 4) is 0 Å². The number of carbonyl (C=O) groups excluding carboxylic acids is 1. The Morgan fingerprint density at radius 3 is 3.11 bits per heavy atom. The minimum Gasteiger partial charge on any atom is -0.336 e. The monoisotopic (exact) mass is 267 g/mol. The lowest BCUT2D eigenvalue weighted by Crippen LogP contribution is -2.34. The van der Waals surface area contributed by atoms with Gasteiger partial charge in [0.25, 0.3) is 5.91 Å². The quantitative estimate of drug-likeness (QED) is 0.908. The first-order chi connectivity index (χ1) is 8.66. The van der Waals surface area contributed by atoms with Gasteiger partial charge in [-0.15, -0.1) is 11.3 Å². The highest BCUT2D eigenvalue weighted by atomic mass is 32.1. The number of nitrogens with one attached hydrogen (secondary N) is 1. The van der Waals surface area contributed by atoms with E-state index in [1.54, 1.807) is 11.3 Å². The van der Waals surface area contributed by atoms with Crippen molar-refractivity contribution in [3.63, 3.8) is 0 Å². The summed E-state index contributed by atoms with van der Waals surface area (Å²) in [4.78, 5) is 18.7. The highest BCUT2D eigenvalue weighted by Crippen LogP contribution is 2.16. The van der Waals surface area contributed by atoms with E-state index < -0.39 is 0 Å². The maximum absolute atomic E-state index is 12.3. The molecule has 5 heteroatoms. The topological polar surface area (TPSA) is 45.2 Å². The number of amides is 1. The largest absolute Gasteiger partial charge is 0.336 e. The predicted octanol–water partition coefficient (Wildman–Crippen LogP) is 1.78. The second kappa shape index (κ2) is 6.29. The molecule has 0 aromatic carbocycles. The van der Waals surface area contributed by atoms with Gasteiger partial charge in [-0.1, -0.05) is 13.8 Å². The van der Waals surface area contributed by atoms with Gasteiger partial charge < -0.3 is 10.2 Å². The molecule has 1 aromatic heterocycles. The number of hydrogen-bond donors (Lipinski definition) is 1. The molecular weight excluding hydrogens is 246 g/mol. The molecular formula is C13H21N3OS. The molecule has 1 aliphatic rings. The lowest BCUT2D eigenvalue weighted by molar-refractivity contribution is 0.0761. The summed E-state index contributed by atoms with van der Waals surface area (Å²) in [5, 5.41) is 6.27. The number of thiazole rings is 1. The van der Waals surface area contributed by atoms with Gasteiger partial charge in [0.05, 0.1) is 5.01 Å². The molecule has 0 unspecified atom stereocenters. The molecule has 2 heterocycles. The Bertz CT molecular complexity index is 395. The molecule has 1 N–H and O–H groups in total. The number of rotatable bonds is 3. The molecule has 0 saturated carbocycles. The van der Waals surface area contributed by atoms with Crippen molar-refractivity contribution < 1.29 is 4.79 Å². The summed E-state index contributed by atoms with van der Waals surface area (Å²) in [7, 11) is 0. The van der Waals surface area contributed by atoms with Crippen LogP contribution in [0.2, 0.25) is 0 Å². The maximum atomic E-state index is 12.3. The lowest BCUT2D eigenvalue weighted by atomic mass is 10.1. The zero-order valence-corrected chi connectivity index (χ0v) is 11.9. The Hall–Kier alpha value is -0.940. The van der Waals surface area contributed by atoms with E-state index in [1.807, 2.05) is 10.3 Å². The van der Waals surface area contributed by atoms with Crippen LogP contribution in [-0.4, -0.2) is 42.0 Å². The Morgan fingerprint density at radius 2 is 2.33 bits per heavy atom. The van der Waals surface area contributed by atoms with E-state index in [4.69, 9.17) is 0 Å². The molecule has 1 aromatic rings. The van der Waals surface area contributed by atoms with E-state index in [0.717, 1.165) is 44.0 Å². The van der Waals surface area contributed by atoms with Gasteiger partial charge in [0.2, 0.25) is 0 Å². The first-order valence-electron chi connectivity index (χ1n) is 6.61. The average Bonchev–Trinajstić information content (AvgIpc) is 2.63. The van der Waals surface area contributed by atoms with Crippen LogP contribution in [0.3, 0.4) is 0 Å². The lowest BCUT2D eigenvalue weighted by Gasteiger charge is -2.18. The van der Waals surface area contributed by atoms with Gasteiger partial charge in [0, 0.05) is 31.4 Å². The van der Waals surface area contributed by atoms with Gasteiger partial charge in [-0.3, -0.25) is 4.79 Å². The molecule has 0 atom stereocenters. The van der Waals surface area contributed by atoms with Crippen molar-refractivity contribution in [1.82, 2.24) is 15.2 Å². The zero-order chi connectivity index (χ0) is 13.0. The first kappa shape index (κ1) is 13.5. The second-order valence-electron chi connectivity index (χ2n) is 5.12. The molecule has 4 nitrogen and oxygen atoms in total. The van der Waals surface area contributed by atoms with Gasteiger partial charge in [0.15, 0.2) is 0 Å². The summed E-state index contributed by atoms with van der Waals surface area (Å²) in [6.07, 6.45) is 1.98. The fraction of sp³-hybridized carbons (Fsp3) is 0.692. The van der Waals surface area contributed by atoms with E-state index in [0.29, 0.717) is 11.6 Å². The Morgan fingerprint density at radius 1 is 1.50 bits per heavy atom. The number of nitrogens with zero attached hydrogens (tertiary/aromatic N) is 2. The van der Waals surface area contributed by atoms with Crippen LogP contribution in [0, 0.1) is 5.92 Å². The first-order valence-corrected chi connectivity index (χ1v) is 7.49. The summed E-state index contributed by atoms with van der Waals surface area (Å²) in [5.74, 6) is 0.673. The standard InChI is InChI=1S/C13H21N3OS/c1-10(2)8-12-15-11(9-18-12)13(17)16-6-3-4-14-5-7-16/h9-10,14H,3-8H2,1-2H3. The van der Waals surface area contributed by atoms with Crippen molar-refractivity contribution in [2.24, 2.45) is 5.92 Å². The number of hydrogen-bond acceptors (Lipinski definition) is 4. The molecule has 0 aliphatic carbocycles. The van der Waals surface area contributed by atoms with Crippen molar-refractivity contribution in [2.45, 2.75) is 26.7 Å². The molecule has 1 aliphatic heterocycles. The van der Waals surface area contributed by atoms with Crippen LogP contribution in [0.15, 0.2) is 5.38 Å². The van der Waals surface area contributed by atoms with Crippen LogP contribution >= 0.6 is 11.3 Å². The minimum absolute atomic E-state index is 0.0879. The van der Waals surface area contributed by atoms with Gasteiger partial charge in [0.1, 0.15) is 5.69 Å². The van der Waals surface area contributed by atoms with Crippen LogP contribution < -0.4 is 5.32 Å². The third kappa shape index (κ3) is 3.53. The van der Waals surface area contributed by atoms with Crippen LogP contribution in [0.4, 0.5) is 0 Å². The summed E-state index contributed by atoms with van der Waals surface area (Å²) in [6, 6.07) is 0. The van der Waals surface area contributed by atoms with Crippen molar-refractivity contribution >= 4 is 17.2 Å². The molecule has 0 radical (unpaired) electrons. The van der Waals surface area contributed by atoms with Gasteiger partial charge >= 0.3 is 0 Å². The molecule has 100 valence electrons. The zero-order valence-electron chi connectivity index (χ0n) is 11.1. The summed E-state index contributed by atoms with van der Waals surface area (Å²) in [6.45, 7) is 7.85. The third-order valence-electron chi connectivity index (χ3n) is 2.98. The van der Waals surface area contributed by atoms with Crippen molar-refractivity contribution in [3.05, 3.63) is 16.1 Å². The molecule has 18 heavy (non-hydrogen) atoms. The van der Waals surface area contributed by atoms with Crippen LogP contribution in [0.5, 0.6) is 0 Å². The summed E-state index contributed by atoms with van der Waals surface area (Å²) >= 11 is 1.60. The van der Waals surface area contributed by atoms with Crippen LogP contribution in [0.1, 0.15) is 35.8 Å². The molecule has 0 bridgehead atoms. The molecule has 1 saturated heterocycles.